The van der Waals surface area contributed by atoms with E-state index in [0.717, 1.165) is 17.8 Å². The van der Waals surface area contributed by atoms with Crippen LogP contribution in [0.5, 0.6) is 0 Å². The first kappa shape index (κ1) is 19.3. The van der Waals surface area contributed by atoms with Crippen molar-refractivity contribution in [2.45, 2.75) is 6.54 Å². The van der Waals surface area contributed by atoms with Crippen molar-refractivity contribution in [2.24, 2.45) is 0 Å². The maximum Gasteiger partial charge on any atom is 0.244 e. The van der Waals surface area contributed by atoms with Gasteiger partial charge in [0, 0.05) is 47.0 Å². The zero-order valence-electron chi connectivity index (χ0n) is 14.5. The van der Waals surface area contributed by atoms with Crippen molar-refractivity contribution in [3.63, 3.8) is 0 Å². The van der Waals surface area contributed by atoms with Gasteiger partial charge in [-0.05, 0) is 35.9 Å². The molecule has 1 aliphatic heterocycles. The normalized spacial score (nSPS) is 14.3. The summed E-state index contributed by atoms with van der Waals surface area (Å²) >= 11 is 12.2. The van der Waals surface area contributed by atoms with Gasteiger partial charge < -0.3 is 15.5 Å². The highest BCUT2D eigenvalue weighted by Gasteiger charge is 2.16. The molecule has 1 aliphatic rings. The summed E-state index contributed by atoms with van der Waals surface area (Å²) in [5.74, 6) is -0.203. The van der Waals surface area contributed by atoms with Gasteiger partial charge in [0.1, 0.15) is 0 Å². The van der Waals surface area contributed by atoms with Crippen LogP contribution in [-0.4, -0.2) is 31.4 Å². The van der Waals surface area contributed by atoms with Crippen molar-refractivity contribution in [1.29, 1.82) is 0 Å². The van der Waals surface area contributed by atoms with Crippen LogP contribution in [0.15, 0.2) is 48.5 Å². The van der Waals surface area contributed by atoms with Gasteiger partial charge in [0.05, 0.1) is 6.54 Å². The van der Waals surface area contributed by atoms with Gasteiger partial charge in [-0.15, -0.1) is 0 Å². The molecule has 0 unspecified atom stereocenters. The van der Waals surface area contributed by atoms with E-state index in [0.29, 0.717) is 35.2 Å². The summed E-state index contributed by atoms with van der Waals surface area (Å²) in [6, 6.07) is 13.0. The molecule has 2 aromatic carbocycles. The Morgan fingerprint density at radius 2 is 1.85 bits per heavy atom. The van der Waals surface area contributed by atoms with E-state index in [1.807, 2.05) is 29.2 Å². The summed E-state index contributed by atoms with van der Waals surface area (Å²) < 4.78 is 0. The smallest absolute Gasteiger partial charge is 0.244 e. The number of benzene rings is 2. The maximum atomic E-state index is 12.0. The summed E-state index contributed by atoms with van der Waals surface area (Å²) in [5, 5.41) is 6.62. The molecule has 3 rings (SSSR count). The molecule has 0 atom stereocenters. The lowest BCUT2D eigenvalue weighted by molar-refractivity contribution is -0.120. The topological polar surface area (TPSA) is 61.4 Å². The number of hydrogen-bond acceptors (Lipinski definition) is 3. The Labute approximate surface area is 168 Å². The molecule has 0 aromatic heterocycles. The number of amides is 2. The predicted molar refractivity (Wildman–Crippen MR) is 109 cm³/mol. The van der Waals surface area contributed by atoms with E-state index < -0.39 is 0 Å². The van der Waals surface area contributed by atoms with Crippen LogP contribution >= 0.6 is 23.2 Å². The van der Waals surface area contributed by atoms with Gasteiger partial charge in [0.25, 0.3) is 0 Å². The van der Waals surface area contributed by atoms with Gasteiger partial charge >= 0.3 is 0 Å². The van der Waals surface area contributed by atoms with Gasteiger partial charge in [-0.2, -0.15) is 0 Å². The Balaban J connectivity index is 1.54. The number of anilines is 1. The number of piperazine rings is 1. The molecule has 2 aromatic rings. The van der Waals surface area contributed by atoms with Crippen molar-refractivity contribution in [2.75, 3.05) is 24.5 Å². The second-order valence-corrected chi connectivity index (χ2v) is 6.94. The summed E-state index contributed by atoms with van der Waals surface area (Å²) in [6.45, 7) is 2.21. The summed E-state index contributed by atoms with van der Waals surface area (Å²) in [4.78, 5) is 25.5. The minimum Gasteiger partial charge on any atom is -0.360 e. The molecule has 0 aliphatic carbocycles. The molecule has 2 N–H and O–H groups in total. The fraction of sp³-hybridized carbons (Fsp3) is 0.200. The lowest BCUT2D eigenvalue weighted by atomic mass is 10.1. The second kappa shape index (κ2) is 8.93. The standard InChI is InChI=1S/C20H19Cl2N3O2/c21-17-2-1-3-18(22)16(17)8-9-19(26)24-12-14-4-6-15(7-5-14)25-11-10-23-20(27)13-25/h1-9H,10-13H2,(H,23,27)(H,24,26)/b9-8+. The molecule has 1 fully saturated rings. The number of hydrogen-bond donors (Lipinski definition) is 2. The minimum absolute atomic E-state index is 0.0306. The van der Waals surface area contributed by atoms with Gasteiger partial charge in [-0.25, -0.2) is 0 Å². The first-order valence-corrected chi connectivity index (χ1v) is 9.29. The van der Waals surface area contributed by atoms with E-state index >= 15 is 0 Å². The van der Waals surface area contributed by atoms with Crippen LogP contribution in [0.1, 0.15) is 11.1 Å². The average Bonchev–Trinajstić information content (AvgIpc) is 2.66. The Hall–Kier alpha value is -2.50. The van der Waals surface area contributed by atoms with Gasteiger partial charge in [0.2, 0.25) is 11.8 Å². The molecule has 0 spiro atoms. The Morgan fingerprint density at radius 3 is 2.52 bits per heavy atom. The van der Waals surface area contributed by atoms with E-state index in [-0.39, 0.29) is 11.8 Å². The number of rotatable bonds is 5. The zero-order chi connectivity index (χ0) is 19.2. The number of nitrogens with one attached hydrogen (secondary N) is 2. The lowest BCUT2D eigenvalue weighted by Crippen LogP contribution is -2.47. The van der Waals surface area contributed by atoms with Crippen LogP contribution in [0.25, 0.3) is 6.08 Å². The number of nitrogens with zero attached hydrogens (tertiary/aromatic N) is 1. The third-order valence-corrected chi connectivity index (χ3v) is 4.87. The summed E-state index contributed by atoms with van der Waals surface area (Å²) in [5.41, 5.74) is 2.58. The molecule has 0 radical (unpaired) electrons. The van der Waals surface area contributed by atoms with Crippen molar-refractivity contribution in [3.05, 3.63) is 69.7 Å². The average molecular weight is 404 g/mol. The SMILES string of the molecule is O=C(/C=C/c1c(Cl)cccc1Cl)NCc1ccc(N2CCNC(=O)C2)cc1. The van der Waals surface area contributed by atoms with Crippen molar-refractivity contribution in [1.82, 2.24) is 10.6 Å². The van der Waals surface area contributed by atoms with E-state index in [1.54, 1.807) is 24.3 Å². The van der Waals surface area contributed by atoms with Crippen LogP contribution in [0.3, 0.4) is 0 Å². The summed E-state index contributed by atoms with van der Waals surface area (Å²) in [7, 11) is 0. The number of carbonyl (C=O) groups is 2. The van der Waals surface area contributed by atoms with Crippen LogP contribution in [0, 0.1) is 0 Å². The number of carbonyl (C=O) groups excluding carboxylic acids is 2. The highest BCUT2D eigenvalue weighted by molar-refractivity contribution is 6.37. The zero-order valence-corrected chi connectivity index (χ0v) is 16.1. The van der Waals surface area contributed by atoms with Crippen LogP contribution < -0.4 is 15.5 Å². The highest BCUT2D eigenvalue weighted by atomic mass is 35.5. The van der Waals surface area contributed by atoms with E-state index in [9.17, 15) is 9.59 Å². The fourth-order valence-electron chi connectivity index (χ4n) is 2.76. The molecule has 0 bridgehead atoms. The quantitative estimate of drug-likeness (QED) is 0.753. The van der Waals surface area contributed by atoms with Crippen LogP contribution in [0.4, 0.5) is 5.69 Å². The predicted octanol–water partition coefficient (Wildman–Crippen LogP) is 3.26. The minimum atomic E-state index is -0.234. The first-order chi connectivity index (χ1) is 13.0. The third-order valence-electron chi connectivity index (χ3n) is 4.21. The maximum absolute atomic E-state index is 12.0. The van der Waals surface area contributed by atoms with E-state index in [1.165, 1.54) is 6.08 Å². The highest BCUT2D eigenvalue weighted by Crippen LogP contribution is 2.25. The molecular formula is C20H19Cl2N3O2. The summed E-state index contributed by atoms with van der Waals surface area (Å²) in [6.07, 6.45) is 3.01. The molecule has 1 saturated heterocycles. The van der Waals surface area contributed by atoms with E-state index in [2.05, 4.69) is 10.6 Å². The van der Waals surface area contributed by atoms with Crippen molar-refractivity contribution >= 4 is 46.8 Å². The molecule has 0 saturated carbocycles. The monoisotopic (exact) mass is 403 g/mol. The Bertz CT molecular complexity index is 846. The largest absolute Gasteiger partial charge is 0.360 e. The van der Waals surface area contributed by atoms with Crippen LogP contribution in [0.2, 0.25) is 10.0 Å². The van der Waals surface area contributed by atoms with Gasteiger partial charge in [-0.1, -0.05) is 41.4 Å². The molecule has 5 nitrogen and oxygen atoms in total. The molecule has 7 heteroatoms. The van der Waals surface area contributed by atoms with Crippen LogP contribution in [-0.2, 0) is 16.1 Å². The molecular weight excluding hydrogens is 385 g/mol. The van der Waals surface area contributed by atoms with Gasteiger partial charge in [0.15, 0.2) is 0 Å². The Kier molecular flexibility index (Phi) is 6.37. The third kappa shape index (κ3) is 5.25. The molecule has 140 valence electrons. The first-order valence-electron chi connectivity index (χ1n) is 8.53. The molecule has 27 heavy (non-hydrogen) atoms. The fourth-order valence-corrected chi connectivity index (χ4v) is 3.28. The second-order valence-electron chi connectivity index (χ2n) is 6.12. The number of halogens is 2. The molecule has 1 heterocycles. The Morgan fingerprint density at radius 1 is 1.15 bits per heavy atom. The van der Waals surface area contributed by atoms with Crippen molar-refractivity contribution < 1.29 is 9.59 Å². The van der Waals surface area contributed by atoms with Gasteiger partial charge in [-0.3, -0.25) is 9.59 Å². The molecule has 2 amide bonds. The lowest BCUT2D eigenvalue weighted by Gasteiger charge is -2.28. The van der Waals surface area contributed by atoms with Crippen molar-refractivity contribution in [3.8, 4) is 0 Å². The van der Waals surface area contributed by atoms with E-state index in [4.69, 9.17) is 23.2 Å².